The second-order valence-electron chi connectivity index (χ2n) is 5.05. The van der Waals surface area contributed by atoms with E-state index in [1.54, 1.807) is 29.7 Å². The highest BCUT2D eigenvalue weighted by atomic mass is 16.3. The maximum Gasteiger partial charge on any atom is 0.263 e. The van der Waals surface area contributed by atoms with Gasteiger partial charge in [0.25, 0.3) is 5.56 Å². The molecule has 118 valence electrons. The number of aliphatic hydroxyl groups excluding tert-OH is 2. The van der Waals surface area contributed by atoms with Crippen molar-refractivity contribution in [3.63, 3.8) is 0 Å². The summed E-state index contributed by atoms with van der Waals surface area (Å²) >= 11 is 0. The fourth-order valence-corrected chi connectivity index (χ4v) is 2.41. The Hall–Kier alpha value is -2.18. The van der Waals surface area contributed by atoms with Gasteiger partial charge >= 0.3 is 0 Å². The van der Waals surface area contributed by atoms with Gasteiger partial charge in [-0.1, -0.05) is 12.1 Å². The van der Waals surface area contributed by atoms with Crippen LogP contribution in [0.25, 0.3) is 10.9 Å². The first-order valence-electron chi connectivity index (χ1n) is 7.16. The number of aromatic nitrogens is 1. The summed E-state index contributed by atoms with van der Waals surface area (Å²) in [6.07, 6.45) is -0.981. The van der Waals surface area contributed by atoms with Gasteiger partial charge in [0, 0.05) is 17.6 Å². The summed E-state index contributed by atoms with van der Waals surface area (Å²) in [6, 6.07) is 7.13. The Morgan fingerprint density at radius 1 is 1.36 bits per heavy atom. The maximum absolute atomic E-state index is 12.6. The van der Waals surface area contributed by atoms with Gasteiger partial charge in [0.2, 0.25) is 0 Å². The number of hydrogen-bond donors (Lipinski definition) is 3. The van der Waals surface area contributed by atoms with Crippen LogP contribution in [0.1, 0.15) is 19.4 Å². The highest BCUT2D eigenvalue weighted by Gasteiger charge is 2.17. The number of fused-ring (bicyclic) bond motifs is 1. The van der Waals surface area contributed by atoms with Gasteiger partial charge in [-0.05, 0) is 26.0 Å². The molecule has 0 saturated carbocycles. The molecular formula is C16H20N2O4. The number of pyridine rings is 1. The van der Waals surface area contributed by atoms with E-state index in [0.717, 1.165) is 0 Å². The Morgan fingerprint density at radius 3 is 2.68 bits per heavy atom. The quantitative estimate of drug-likeness (QED) is 0.715. The minimum absolute atomic E-state index is 0.0276. The van der Waals surface area contributed by atoms with E-state index in [0.29, 0.717) is 23.2 Å². The van der Waals surface area contributed by atoms with Crippen LogP contribution in [0.2, 0.25) is 0 Å². The van der Waals surface area contributed by atoms with Crippen LogP contribution in [0.4, 0.5) is 0 Å². The predicted molar refractivity (Wildman–Crippen MR) is 85.7 cm³/mol. The molecular weight excluding hydrogens is 284 g/mol. The second-order valence-corrected chi connectivity index (χ2v) is 5.05. The number of para-hydroxylation sites is 1. The molecule has 1 heterocycles. The van der Waals surface area contributed by atoms with Gasteiger partial charge in [-0.15, -0.1) is 0 Å². The summed E-state index contributed by atoms with van der Waals surface area (Å²) in [7, 11) is 0. The Bertz CT molecular complexity index is 765. The average molecular weight is 304 g/mol. The van der Waals surface area contributed by atoms with Crippen LogP contribution in [0.15, 0.2) is 34.1 Å². The third kappa shape index (κ3) is 2.88. The molecule has 6 heteroatoms. The molecule has 0 radical (unpaired) electrons. The molecule has 0 aliphatic carbocycles. The van der Waals surface area contributed by atoms with Gasteiger partial charge in [-0.2, -0.15) is 0 Å². The lowest BCUT2D eigenvalue weighted by Gasteiger charge is -2.14. The van der Waals surface area contributed by atoms with E-state index >= 15 is 0 Å². The molecule has 22 heavy (non-hydrogen) atoms. The third-order valence-corrected chi connectivity index (χ3v) is 3.57. The van der Waals surface area contributed by atoms with Crippen LogP contribution in [0.5, 0.6) is 5.75 Å². The molecule has 1 atom stereocenters. The Balaban J connectivity index is 2.66. The summed E-state index contributed by atoms with van der Waals surface area (Å²) < 4.78 is 1.58. The van der Waals surface area contributed by atoms with Crippen molar-refractivity contribution in [2.45, 2.75) is 26.5 Å². The first-order valence-corrected chi connectivity index (χ1v) is 7.16. The van der Waals surface area contributed by atoms with Crippen molar-refractivity contribution in [2.75, 3.05) is 13.2 Å². The van der Waals surface area contributed by atoms with Gasteiger partial charge < -0.3 is 19.9 Å². The molecule has 2 rings (SSSR count). The minimum Gasteiger partial charge on any atom is -0.506 e. The number of benzene rings is 1. The second kappa shape index (κ2) is 6.72. The van der Waals surface area contributed by atoms with E-state index in [1.165, 1.54) is 0 Å². The van der Waals surface area contributed by atoms with E-state index in [1.807, 2.05) is 13.0 Å². The van der Waals surface area contributed by atoms with Crippen molar-refractivity contribution in [1.29, 1.82) is 0 Å². The molecule has 0 saturated heterocycles. The number of aromatic hydroxyl groups is 1. The standard InChI is InChI=1S/C16H20N2O4/c1-3-18-13-7-5-4-6-12(13)15(21)14(16(18)22)10(2)17-8-11(20)9-19/h4-7,11,19-21H,3,8-9H2,1-2H3. The Kier molecular flexibility index (Phi) is 4.95. The van der Waals surface area contributed by atoms with Crippen molar-refractivity contribution in [1.82, 2.24) is 4.57 Å². The molecule has 0 fully saturated rings. The van der Waals surface area contributed by atoms with Gasteiger partial charge in [-0.25, -0.2) is 0 Å². The average Bonchev–Trinajstić information content (AvgIpc) is 2.53. The topological polar surface area (TPSA) is 95.1 Å². The van der Waals surface area contributed by atoms with Crippen LogP contribution in [-0.2, 0) is 6.54 Å². The summed E-state index contributed by atoms with van der Waals surface area (Å²) in [4.78, 5) is 16.7. The number of rotatable bonds is 5. The van der Waals surface area contributed by atoms with Crippen LogP contribution >= 0.6 is 0 Å². The van der Waals surface area contributed by atoms with Gasteiger partial charge in [0.15, 0.2) is 0 Å². The van der Waals surface area contributed by atoms with Crippen molar-refractivity contribution >= 4 is 16.6 Å². The van der Waals surface area contributed by atoms with E-state index in [-0.39, 0.29) is 23.4 Å². The molecule has 6 nitrogen and oxygen atoms in total. The minimum atomic E-state index is -0.981. The van der Waals surface area contributed by atoms with E-state index in [2.05, 4.69) is 4.99 Å². The molecule has 0 spiro atoms. The SMILES string of the molecule is CCn1c(=O)c(C(C)=NCC(O)CO)c(O)c2ccccc21. The lowest BCUT2D eigenvalue weighted by Crippen LogP contribution is -2.26. The molecule has 0 amide bonds. The van der Waals surface area contributed by atoms with Crippen LogP contribution in [0, 0.1) is 0 Å². The van der Waals surface area contributed by atoms with Crippen molar-refractivity contribution < 1.29 is 15.3 Å². The number of hydrogen-bond acceptors (Lipinski definition) is 5. The molecule has 0 aliphatic heterocycles. The van der Waals surface area contributed by atoms with Crippen LogP contribution < -0.4 is 5.56 Å². The van der Waals surface area contributed by atoms with E-state index < -0.39 is 12.7 Å². The molecule has 0 bridgehead atoms. The van der Waals surface area contributed by atoms with Crippen molar-refractivity contribution in [3.8, 4) is 5.75 Å². The lowest BCUT2D eigenvalue weighted by molar-refractivity contribution is 0.102. The Labute approximate surface area is 128 Å². The summed E-state index contributed by atoms with van der Waals surface area (Å²) in [5.41, 5.74) is 0.812. The summed E-state index contributed by atoms with van der Waals surface area (Å²) in [5.74, 6) is -0.106. The molecule has 1 aromatic heterocycles. The fraction of sp³-hybridized carbons (Fsp3) is 0.375. The number of aliphatic imine (C=N–C) groups is 1. The first-order chi connectivity index (χ1) is 10.5. The summed E-state index contributed by atoms with van der Waals surface area (Å²) in [5, 5.41) is 29.2. The number of aryl methyl sites for hydroxylation is 1. The van der Waals surface area contributed by atoms with Crippen molar-refractivity contribution in [2.24, 2.45) is 4.99 Å². The molecule has 1 aromatic carbocycles. The van der Waals surface area contributed by atoms with Gasteiger partial charge in [0.1, 0.15) is 11.3 Å². The zero-order chi connectivity index (χ0) is 16.3. The molecule has 3 N–H and O–H groups in total. The molecule has 0 aliphatic rings. The highest BCUT2D eigenvalue weighted by Crippen LogP contribution is 2.26. The molecule has 1 unspecified atom stereocenters. The lowest BCUT2D eigenvalue weighted by atomic mass is 10.1. The van der Waals surface area contributed by atoms with E-state index in [9.17, 15) is 15.0 Å². The van der Waals surface area contributed by atoms with Gasteiger partial charge in [0.05, 0.1) is 24.8 Å². The monoisotopic (exact) mass is 304 g/mol. The first kappa shape index (κ1) is 16.2. The van der Waals surface area contributed by atoms with Crippen LogP contribution in [-0.4, -0.2) is 44.9 Å². The zero-order valence-corrected chi connectivity index (χ0v) is 12.7. The van der Waals surface area contributed by atoms with Gasteiger partial charge in [-0.3, -0.25) is 9.79 Å². The number of nitrogens with zero attached hydrogens (tertiary/aromatic N) is 2. The maximum atomic E-state index is 12.6. The predicted octanol–water partition coefficient (Wildman–Crippen LogP) is 0.889. The largest absolute Gasteiger partial charge is 0.506 e. The third-order valence-electron chi connectivity index (χ3n) is 3.57. The molecule has 2 aromatic rings. The Morgan fingerprint density at radius 2 is 2.05 bits per heavy atom. The smallest absolute Gasteiger partial charge is 0.263 e. The summed E-state index contributed by atoms with van der Waals surface area (Å²) in [6.45, 7) is 3.50. The normalized spacial score (nSPS) is 13.5. The zero-order valence-electron chi connectivity index (χ0n) is 12.7. The van der Waals surface area contributed by atoms with Crippen molar-refractivity contribution in [3.05, 3.63) is 40.2 Å². The fourth-order valence-electron chi connectivity index (χ4n) is 2.41. The highest BCUT2D eigenvalue weighted by molar-refractivity contribution is 6.05. The van der Waals surface area contributed by atoms with Crippen LogP contribution in [0.3, 0.4) is 0 Å². The van der Waals surface area contributed by atoms with E-state index in [4.69, 9.17) is 5.11 Å². The number of aliphatic hydroxyl groups is 2.